The van der Waals surface area contributed by atoms with Crippen molar-refractivity contribution in [1.29, 1.82) is 10.5 Å². The molecule has 1 aliphatic rings. The molecule has 1 aromatic carbocycles. The first-order valence-electron chi connectivity index (χ1n) is 8.33. The van der Waals surface area contributed by atoms with Crippen LogP contribution in [0.5, 0.6) is 0 Å². The summed E-state index contributed by atoms with van der Waals surface area (Å²) in [6.07, 6.45) is 3.13. The van der Waals surface area contributed by atoms with Gasteiger partial charge in [-0.3, -0.25) is 4.79 Å². The molecule has 130 valence electrons. The van der Waals surface area contributed by atoms with E-state index in [0.717, 1.165) is 19.3 Å². The molecule has 1 aromatic rings. The Morgan fingerprint density at radius 2 is 1.92 bits per heavy atom. The van der Waals surface area contributed by atoms with Crippen LogP contribution in [0.4, 0.5) is 0 Å². The largest absolute Gasteiger partial charge is 0.449 e. The molecule has 2 rings (SSSR count). The van der Waals surface area contributed by atoms with E-state index in [0.29, 0.717) is 18.4 Å². The van der Waals surface area contributed by atoms with E-state index in [1.54, 1.807) is 19.2 Å². The quantitative estimate of drug-likeness (QED) is 0.786. The number of ether oxygens (including phenoxy) is 1. The van der Waals surface area contributed by atoms with Crippen LogP contribution in [0.2, 0.25) is 0 Å². The Hall–Kier alpha value is -2.86. The molecule has 0 saturated heterocycles. The Balaban J connectivity index is 2.07. The van der Waals surface area contributed by atoms with Crippen molar-refractivity contribution in [3.8, 4) is 12.1 Å². The summed E-state index contributed by atoms with van der Waals surface area (Å²) in [5.74, 6) is -1.06. The van der Waals surface area contributed by atoms with Crippen LogP contribution in [0, 0.1) is 22.7 Å². The zero-order valence-electron chi connectivity index (χ0n) is 14.5. The predicted molar refractivity (Wildman–Crippen MR) is 90.2 cm³/mol. The lowest BCUT2D eigenvalue weighted by atomic mass is 9.81. The van der Waals surface area contributed by atoms with Crippen LogP contribution in [0.25, 0.3) is 0 Å². The average molecular weight is 339 g/mol. The van der Waals surface area contributed by atoms with Gasteiger partial charge in [-0.2, -0.15) is 10.5 Å². The summed E-state index contributed by atoms with van der Waals surface area (Å²) in [6, 6.07) is 10.3. The number of carbonyl (C=O) groups excluding carboxylic acids is 2. The predicted octanol–water partition coefficient (Wildman–Crippen LogP) is 2.79. The van der Waals surface area contributed by atoms with Crippen LogP contribution in [0.3, 0.4) is 0 Å². The standard InChI is InChI=1S/C19H21N3O3/c1-14(25-18(24)16-8-6-7-15(11-16)12-20)17(23)22(2)19(13-21)9-4-3-5-10-19/h6-8,11,14H,3-5,9-10H2,1-2H3/t14-/m0/s1. The highest BCUT2D eigenvalue weighted by molar-refractivity contribution is 5.92. The number of hydrogen-bond donors (Lipinski definition) is 0. The Bertz CT molecular complexity index is 739. The van der Waals surface area contributed by atoms with Gasteiger partial charge in [0.2, 0.25) is 0 Å². The number of hydrogen-bond acceptors (Lipinski definition) is 5. The highest BCUT2D eigenvalue weighted by atomic mass is 16.5. The molecule has 1 amide bonds. The van der Waals surface area contributed by atoms with Crippen molar-refractivity contribution in [3.05, 3.63) is 35.4 Å². The molecule has 0 spiro atoms. The summed E-state index contributed by atoms with van der Waals surface area (Å²) in [5, 5.41) is 18.5. The number of likely N-dealkylation sites (N-methyl/N-ethyl adjacent to an activating group) is 1. The van der Waals surface area contributed by atoms with Crippen molar-refractivity contribution in [2.45, 2.75) is 50.7 Å². The summed E-state index contributed by atoms with van der Waals surface area (Å²) < 4.78 is 5.25. The lowest BCUT2D eigenvalue weighted by Crippen LogP contribution is -2.53. The molecule has 6 nitrogen and oxygen atoms in total. The second-order valence-corrected chi connectivity index (χ2v) is 6.34. The molecule has 0 N–H and O–H groups in total. The molecule has 0 aromatic heterocycles. The fraction of sp³-hybridized carbons (Fsp3) is 0.474. The minimum absolute atomic E-state index is 0.217. The normalized spacial score (nSPS) is 16.8. The maximum Gasteiger partial charge on any atom is 0.338 e. The van der Waals surface area contributed by atoms with Crippen LogP contribution >= 0.6 is 0 Å². The molecular weight excluding hydrogens is 318 g/mol. The number of esters is 1. The van der Waals surface area contributed by atoms with E-state index in [-0.39, 0.29) is 5.56 Å². The Morgan fingerprint density at radius 1 is 1.24 bits per heavy atom. The fourth-order valence-corrected chi connectivity index (χ4v) is 3.14. The minimum Gasteiger partial charge on any atom is -0.449 e. The molecular formula is C19H21N3O3. The Kier molecular flexibility index (Phi) is 5.77. The summed E-state index contributed by atoms with van der Waals surface area (Å²) in [4.78, 5) is 26.3. The number of nitrogens with zero attached hydrogens (tertiary/aromatic N) is 3. The first kappa shape index (κ1) is 18.5. The maximum atomic E-state index is 12.6. The van der Waals surface area contributed by atoms with Crippen molar-refractivity contribution in [2.24, 2.45) is 0 Å². The lowest BCUT2D eigenvalue weighted by molar-refractivity contribution is -0.143. The van der Waals surface area contributed by atoms with Gasteiger partial charge in [0.15, 0.2) is 6.10 Å². The number of carbonyl (C=O) groups is 2. The molecule has 0 unspecified atom stereocenters. The summed E-state index contributed by atoms with van der Waals surface area (Å²) in [7, 11) is 1.59. The summed E-state index contributed by atoms with van der Waals surface area (Å²) in [6.45, 7) is 1.50. The van der Waals surface area contributed by atoms with E-state index < -0.39 is 23.5 Å². The van der Waals surface area contributed by atoms with Crippen LogP contribution in [-0.4, -0.2) is 35.5 Å². The minimum atomic E-state index is -1.00. The van der Waals surface area contributed by atoms with E-state index in [2.05, 4.69) is 6.07 Å². The average Bonchev–Trinajstić information content (AvgIpc) is 2.67. The van der Waals surface area contributed by atoms with Gasteiger partial charge in [0.25, 0.3) is 5.91 Å². The van der Waals surface area contributed by atoms with Crippen LogP contribution in [-0.2, 0) is 9.53 Å². The Labute approximate surface area is 147 Å². The molecule has 6 heteroatoms. The first-order chi connectivity index (χ1) is 11.9. The van der Waals surface area contributed by atoms with Crippen molar-refractivity contribution in [1.82, 2.24) is 4.90 Å². The first-order valence-corrected chi connectivity index (χ1v) is 8.33. The molecule has 0 bridgehead atoms. The molecule has 1 atom stereocenters. The van der Waals surface area contributed by atoms with E-state index >= 15 is 0 Å². The zero-order valence-corrected chi connectivity index (χ0v) is 14.5. The molecule has 0 heterocycles. The third-order valence-corrected chi connectivity index (χ3v) is 4.72. The number of amides is 1. The monoisotopic (exact) mass is 339 g/mol. The van der Waals surface area contributed by atoms with Gasteiger partial charge in [-0.15, -0.1) is 0 Å². The molecule has 1 saturated carbocycles. The Morgan fingerprint density at radius 3 is 2.52 bits per heavy atom. The number of benzene rings is 1. The highest BCUT2D eigenvalue weighted by Gasteiger charge is 2.40. The molecule has 1 fully saturated rings. The lowest BCUT2D eigenvalue weighted by Gasteiger charge is -2.39. The van der Waals surface area contributed by atoms with Gasteiger partial charge >= 0.3 is 5.97 Å². The molecule has 1 aliphatic carbocycles. The van der Waals surface area contributed by atoms with Gasteiger partial charge in [-0.1, -0.05) is 25.3 Å². The van der Waals surface area contributed by atoms with Crippen molar-refractivity contribution >= 4 is 11.9 Å². The topological polar surface area (TPSA) is 94.2 Å². The molecule has 0 radical (unpaired) electrons. The SMILES string of the molecule is C[C@H](OC(=O)c1cccc(C#N)c1)C(=O)N(C)C1(C#N)CCCCC1. The van der Waals surface area contributed by atoms with Gasteiger partial charge in [0, 0.05) is 7.05 Å². The van der Waals surface area contributed by atoms with Crippen LogP contribution in [0.1, 0.15) is 54.9 Å². The van der Waals surface area contributed by atoms with Crippen LogP contribution < -0.4 is 0 Å². The van der Waals surface area contributed by atoms with E-state index in [1.807, 2.05) is 6.07 Å². The second kappa shape index (κ2) is 7.81. The van der Waals surface area contributed by atoms with Crippen molar-refractivity contribution in [3.63, 3.8) is 0 Å². The third kappa shape index (κ3) is 3.97. The fourth-order valence-electron chi connectivity index (χ4n) is 3.14. The van der Waals surface area contributed by atoms with E-state index in [4.69, 9.17) is 10.00 Å². The van der Waals surface area contributed by atoms with Crippen molar-refractivity contribution in [2.75, 3.05) is 7.05 Å². The number of rotatable bonds is 4. The molecule has 25 heavy (non-hydrogen) atoms. The van der Waals surface area contributed by atoms with Gasteiger partial charge in [-0.05, 0) is 38.0 Å². The van der Waals surface area contributed by atoms with Gasteiger partial charge in [0.05, 0.1) is 23.3 Å². The second-order valence-electron chi connectivity index (χ2n) is 6.34. The highest BCUT2D eigenvalue weighted by Crippen LogP contribution is 2.32. The zero-order chi connectivity index (χ0) is 18.4. The third-order valence-electron chi connectivity index (χ3n) is 4.72. The van der Waals surface area contributed by atoms with Gasteiger partial charge in [0.1, 0.15) is 5.54 Å². The van der Waals surface area contributed by atoms with Crippen LogP contribution in [0.15, 0.2) is 24.3 Å². The summed E-state index contributed by atoms with van der Waals surface area (Å²) >= 11 is 0. The van der Waals surface area contributed by atoms with E-state index in [9.17, 15) is 14.9 Å². The smallest absolute Gasteiger partial charge is 0.338 e. The van der Waals surface area contributed by atoms with E-state index in [1.165, 1.54) is 24.0 Å². The van der Waals surface area contributed by atoms with Crippen molar-refractivity contribution < 1.29 is 14.3 Å². The van der Waals surface area contributed by atoms with Gasteiger partial charge in [-0.25, -0.2) is 4.79 Å². The number of nitriles is 2. The molecule has 0 aliphatic heterocycles. The summed E-state index contributed by atoms with van der Waals surface area (Å²) in [5.41, 5.74) is -0.262. The maximum absolute atomic E-state index is 12.6. The van der Waals surface area contributed by atoms with Gasteiger partial charge < -0.3 is 9.64 Å².